The summed E-state index contributed by atoms with van der Waals surface area (Å²) in [4.78, 5) is 12.1. The average molecular weight is 397 g/mol. The predicted molar refractivity (Wildman–Crippen MR) is 123 cm³/mol. The molecular formula is C28H44O. The first-order valence-electron chi connectivity index (χ1n) is 12.5. The van der Waals surface area contributed by atoms with Gasteiger partial charge in [0.15, 0.2) is 0 Å². The molecule has 1 nitrogen and oxygen atoms in total. The van der Waals surface area contributed by atoms with Crippen LogP contribution in [0.15, 0.2) is 23.8 Å². The van der Waals surface area contributed by atoms with Crippen molar-refractivity contribution in [2.24, 2.45) is 52.3 Å². The zero-order valence-electron chi connectivity index (χ0n) is 19.8. The van der Waals surface area contributed by atoms with Gasteiger partial charge < -0.3 is 0 Å². The van der Waals surface area contributed by atoms with E-state index in [2.05, 4.69) is 59.8 Å². The van der Waals surface area contributed by atoms with Crippen molar-refractivity contribution < 1.29 is 4.79 Å². The van der Waals surface area contributed by atoms with E-state index in [-0.39, 0.29) is 0 Å². The lowest BCUT2D eigenvalue weighted by Crippen LogP contribution is -2.48. The van der Waals surface area contributed by atoms with Crippen molar-refractivity contribution in [1.29, 1.82) is 0 Å². The molecule has 4 aliphatic rings. The Labute approximate surface area is 179 Å². The zero-order chi connectivity index (χ0) is 21.0. The van der Waals surface area contributed by atoms with Crippen LogP contribution >= 0.6 is 0 Å². The number of hydrogen-bond acceptors (Lipinski definition) is 1. The van der Waals surface area contributed by atoms with Gasteiger partial charge in [-0.1, -0.05) is 65.3 Å². The van der Waals surface area contributed by atoms with Gasteiger partial charge in [0.25, 0.3) is 0 Å². The maximum Gasteiger partial charge on any atom is 0.133 e. The van der Waals surface area contributed by atoms with E-state index >= 15 is 0 Å². The summed E-state index contributed by atoms with van der Waals surface area (Å²) in [7, 11) is 0. The Balaban J connectivity index is 1.52. The number of carbonyl (C=O) groups excluding carboxylic acids is 1. The number of carbonyl (C=O) groups is 1. The van der Waals surface area contributed by atoms with Crippen molar-refractivity contribution in [2.45, 2.75) is 92.9 Å². The van der Waals surface area contributed by atoms with Crippen molar-refractivity contribution in [3.05, 3.63) is 23.8 Å². The third-order valence-electron chi connectivity index (χ3n) is 10.2. The molecule has 0 aliphatic heterocycles. The Morgan fingerprint density at radius 2 is 1.83 bits per heavy atom. The second kappa shape index (κ2) is 7.69. The summed E-state index contributed by atoms with van der Waals surface area (Å²) in [6.45, 7) is 14.6. The zero-order valence-corrected chi connectivity index (χ0v) is 19.8. The molecule has 0 aromatic rings. The molecule has 4 rings (SSSR count). The quantitative estimate of drug-likeness (QED) is 0.447. The van der Waals surface area contributed by atoms with Gasteiger partial charge in [-0.05, 0) is 90.8 Å². The van der Waals surface area contributed by atoms with Crippen LogP contribution in [0.4, 0.5) is 0 Å². The van der Waals surface area contributed by atoms with Gasteiger partial charge in [0.1, 0.15) is 5.78 Å². The molecule has 0 bridgehead atoms. The van der Waals surface area contributed by atoms with Gasteiger partial charge >= 0.3 is 0 Å². The van der Waals surface area contributed by atoms with Crippen LogP contribution in [0, 0.1) is 52.3 Å². The van der Waals surface area contributed by atoms with Crippen LogP contribution in [-0.4, -0.2) is 5.78 Å². The number of Topliss-reactive ketones (excluding diaryl/α,β-unsaturated/α-hetero) is 1. The third kappa shape index (κ3) is 3.70. The molecule has 1 heteroatoms. The van der Waals surface area contributed by atoms with Crippen molar-refractivity contribution >= 4 is 5.78 Å². The van der Waals surface area contributed by atoms with E-state index in [9.17, 15) is 4.79 Å². The lowest BCUT2D eigenvalue weighted by atomic mass is 9.49. The van der Waals surface area contributed by atoms with Crippen molar-refractivity contribution in [3.63, 3.8) is 0 Å². The summed E-state index contributed by atoms with van der Waals surface area (Å²) in [5, 5.41) is 0. The van der Waals surface area contributed by atoms with Gasteiger partial charge in [-0.15, -0.1) is 0 Å². The molecule has 3 saturated carbocycles. The van der Waals surface area contributed by atoms with E-state index in [1.54, 1.807) is 0 Å². The molecule has 0 spiro atoms. The van der Waals surface area contributed by atoms with Crippen molar-refractivity contribution in [3.8, 4) is 0 Å². The van der Waals surface area contributed by atoms with Crippen LogP contribution in [0.3, 0.4) is 0 Å². The fourth-order valence-electron chi connectivity index (χ4n) is 7.55. The highest BCUT2D eigenvalue weighted by Gasteiger charge is 2.56. The number of rotatable bonds is 4. The van der Waals surface area contributed by atoms with E-state index in [1.807, 2.05) is 5.57 Å². The Bertz CT molecular complexity index is 699. The highest BCUT2D eigenvalue weighted by molar-refractivity contribution is 5.79. The summed E-state index contributed by atoms with van der Waals surface area (Å²) in [5.41, 5.74) is 2.71. The third-order valence-corrected chi connectivity index (χ3v) is 10.2. The topological polar surface area (TPSA) is 17.1 Å². The second-order valence-electron chi connectivity index (χ2n) is 12.2. The smallest absolute Gasteiger partial charge is 0.133 e. The van der Waals surface area contributed by atoms with Gasteiger partial charge in [-0.3, -0.25) is 4.79 Å². The first kappa shape index (κ1) is 21.4. The summed E-state index contributed by atoms with van der Waals surface area (Å²) in [5.74, 6) is 5.59. The molecule has 8 atom stereocenters. The number of hydrogen-bond donors (Lipinski definition) is 0. The summed E-state index contributed by atoms with van der Waals surface area (Å²) < 4.78 is 0. The molecule has 29 heavy (non-hydrogen) atoms. The molecule has 0 N–H and O–H groups in total. The van der Waals surface area contributed by atoms with Crippen LogP contribution in [-0.2, 0) is 4.79 Å². The molecule has 162 valence electrons. The molecule has 0 saturated heterocycles. The van der Waals surface area contributed by atoms with E-state index in [1.165, 1.54) is 25.7 Å². The predicted octanol–water partition coefficient (Wildman–Crippen LogP) is 7.62. The van der Waals surface area contributed by atoms with Crippen LogP contribution < -0.4 is 0 Å². The fourth-order valence-corrected chi connectivity index (χ4v) is 7.55. The van der Waals surface area contributed by atoms with Gasteiger partial charge in [0, 0.05) is 12.8 Å². The minimum atomic E-state index is 0.385. The average Bonchev–Trinajstić information content (AvgIpc) is 3.04. The molecule has 4 aliphatic carbocycles. The maximum absolute atomic E-state index is 12.1. The molecule has 0 heterocycles. The molecule has 0 amide bonds. The molecular weight excluding hydrogens is 352 g/mol. The summed E-state index contributed by atoms with van der Waals surface area (Å²) in [6, 6.07) is 0. The van der Waals surface area contributed by atoms with E-state index in [4.69, 9.17) is 0 Å². The second-order valence-corrected chi connectivity index (χ2v) is 12.2. The fraction of sp³-hybridized carbons (Fsp3) is 0.821. The number of fused-ring (bicyclic) bond motifs is 5. The first-order valence-corrected chi connectivity index (χ1v) is 12.5. The number of allylic oxidation sites excluding steroid dienone is 4. The Morgan fingerprint density at radius 3 is 2.55 bits per heavy atom. The molecule has 0 aromatic carbocycles. The Morgan fingerprint density at radius 1 is 1.07 bits per heavy atom. The lowest BCUT2D eigenvalue weighted by Gasteiger charge is -2.56. The van der Waals surface area contributed by atoms with Crippen LogP contribution in [0.2, 0.25) is 0 Å². The molecule has 3 fully saturated rings. The SMILES string of the molecule is CC(C)[C@H](C)/C=C/[C@@H](C)[C@H]1C[C@H]2C3=CC[C@H]4CC(=O)CC[C@]4(C)[C@H]3CC[C@]2(C)C1. The van der Waals surface area contributed by atoms with Crippen LogP contribution in [0.5, 0.6) is 0 Å². The molecule has 0 radical (unpaired) electrons. The van der Waals surface area contributed by atoms with Gasteiger partial charge in [0.05, 0.1) is 0 Å². The van der Waals surface area contributed by atoms with E-state index < -0.39 is 0 Å². The van der Waals surface area contributed by atoms with Gasteiger partial charge in [0.2, 0.25) is 0 Å². The lowest BCUT2D eigenvalue weighted by molar-refractivity contribution is -0.127. The highest BCUT2D eigenvalue weighted by atomic mass is 16.1. The minimum Gasteiger partial charge on any atom is -0.300 e. The largest absolute Gasteiger partial charge is 0.300 e. The van der Waals surface area contributed by atoms with E-state index in [0.717, 1.165) is 49.4 Å². The molecule has 0 aromatic heterocycles. The maximum atomic E-state index is 12.1. The summed E-state index contributed by atoms with van der Waals surface area (Å²) in [6.07, 6.45) is 17.2. The van der Waals surface area contributed by atoms with Crippen molar-refractivity contribution in [2.75, 3.05) is 0 Å². The minimum absolute atomic E-state index is 0.385. The first-order chi connectivity index (χ1) is 13.6. The van der Waals surface area contributed by atoms with Gasteiger partial charge in [-0.2, -0.15) is 0 Å². The normalized spacial score (nSPS) is 44.2. The molecule has 0 unspecified atom stereocenters. The van der Waals surface area contributed by atoms with Crippen molar-refractivity contribution in [1.82, 2.24) is 0 Å². The number of ketones is 1. The highest BCUT2D eigenvalue weighted by Crippen LogP contribution is 2.65. The Hall–Kier alpha value is -0.850. The monoisotopic (exact) mass is 396 g/mol. The van der Waals surface area contributed by atoms with Crippen LogP contribution in [0.25, 0.3) is 0 Å². The Kier molecular flexibility index (Phi) is 5.67. The van der Waals surface area contributed by atoms with E-state index in [0.29, 0.717) is 34.4 Å². The van der Waals surface area contributed by atoms with Gasteiger partial charge in [-0.25, -0.2) is 0 Å². The standard InChI is InChI=1S/C28H44O/c1-18(2)19(3)7-8-20(4)21-15-26-24-10-9-22-16-23(29)11-14-28(22,6)25(24)12-13-27(26,5)17-21/h7-8,10,18-22,25-26H,9,11-17H2,1-6H3/b8-7+/t19-,20-,21+,22+,25+,26+,27-,28+/m1/s1. The summed E-state index contributed by atoms with van der Waals surface area (Å²) >= 11 is 0. The van der Waals surface area contributed by atoms with Crippen LogP contribution in [0.1, 0.15) is 92.9 Å².